The maximum atomic E-state index is 13.1. The molecule has 0 aromatic heterocycles. The fraction of sp³-hybridized carbons (Fsp3) is 0.111. The number of rotatable bonds is 3. The Labute approximate surface area is 133 Å². The second-order valence-electron chi connectivity index (χ2n) is 5.42. The number of hydrogen-bond acceptors (Lipinski definition) is 3. The molecule has 1 N–H and O–H groups in total. The van der Waals surface area contributed by atoms with Gasteiger partial charge in [0.05, 0.1) is 5.57 Å². The summed E-state index contributed by atoms with van der Waals surface area (Å²) in [6, 6.07) is 13.0. The van der Waals surface area contributed by atoms with Crippen LogP contribution in [0.2, 0.25) is 0 Å². The van der Waals surface area contributed by atoms with Crippen LogP contribution in [-0.2, 0) is 9.59 Å². The summed E-state index contributed by atoms with van der Waals surface area (Å²) in [6.07, 6.45) is 0. The Bertz CT molecular complexity index is 825. The fourth-order valence-corrected chi connectivity index (χ4v) is 2.51. The number of halogens is 1. The molecular formula is C18H15FN2O2. The smallest absolute Gasteiger partial charge is 0.277 e. The number of carbonyl (C=O) groups excluding carboxylic acids is 2. The minimum atomic E-state index is -0.407. The van der Waals surface area contributed by atoms with Crippen LogP contribution in [0.4, 0.5) is 10.1 Å². The molecule has 0 bridgehead atoms. The van der Waals surface area contributed by atoms with Gasteiger partial charge in [-0.15, -0.1) is 0 Å². The zero-order valence-corrected chi connectivity index (χ0v) is 12.8. The minimum Gasteiger partial charge on any atom is -0.350 e. The summed E-state index contributed by atoms with van der Waals surface area (Å²) in [7, 11) is 1.43. The Morgan fingerprint density at radius 3 is 2.35 bits per heavy atom. The van der Waals surface area contributed by atoms with Gasteiger partial charge in [-0.1, -0.05) is 24.3 Å². The standard InChI is InChI=1S/C18H15FN2O2/c1-11-4-3-5-14(10-11)20-16-15(17(22)21(2)18(16)23)12-6-8-13(19)9-7-12/h3-10,20H,1-2H3. The second-order valence-corrected chi connectivity index (χ2v) is 5.42. The van der Waals surface area contributed by atoms with Crippen molar-refractivity contribution in [3.8, 4) is 0 Å². The molecular weight excluding hydrogens is 295 g/mol. The zero-order chi connectivity index (χ0) is 16.6. The lowest BCUT2D eigenvalue weighted by Crippen LogP contribution is -2.27. The number of aryl methyl sites for hydroxylation is 1. The molecule has 4 nitrogen and oxygen atoms in total. The lowest BCUT2D eigenvalue weighted by Gasteiger charge is -2.09. The van der Waals surface area contributed by atoms with Gasteiger partial charge in [0.25, 0.3) is 11.8 Å². The van der Waals surface area contributed by atoms with Crippen molar-refractivity contribution in [3.05, 3.63) is 71.2 Å². The molecule has 0 saturated heterocycles. The number of carbonyl (C=O) groups is 2. The predicted octanol–water partition coefficient (Wildman–Crippen LogP) is 2.96. The van der Waals surface area contributed by atoms with Gasteiger partial charge in [-0.05, 0) is 42.3 Å². The molecule has 0 radical (unpaired) electrons. The average Bonchev–Trinajstić information content (AvgIpc) is 2.73. The van der Waals surface area contributed by atoms with Crippen LogP contribution >= 0.6 is 0 Å². The Balaban J connectivity index is 2.08. The third-order valence-electron chi connectivity index (χ3n) is 3.71. The van der Waals surface area contributed by atoms with Gasteiger partial charge in [0.1, 0.15) is 11.5 Å². The number of benzene rings is 2. The van der Waals surface area contributed by atoms with Crippen LogP contribution in [0.3, 0.4) is 0 Å². The zero-order valence-electron chi connectivity index (χ0n) is 12.8. The van der Waals surface area contributed by atoms with Crippen molar-refractivity contribution in [2.45, 2.75) is 6.92 Å². The second kappa shape index (κ2) is 5.68. The molecule has 116 valence electrons. The van der Waals surface area contributed by atoms with E-state index in [1.54, 1.807) is 0 Å². The third-order valence-corrected chi connectivity index (χ3v) is 3.71. The number of likely N-dealkylation sites (N-methyl/N-ethyl adjacent to an activating group) is 1. The first-order valence-electron chi connectivity index (χ1n) is 7.13. The van der Waals surface area contributed by atoms with E-state index in [0.717, 1.165) is 16.2 Å². The predicted molar refractivity (Wildman–Crippen MR) is 85.9 cm³/mol. The van der Waals surface area contributed by atoms with E-state index in [4.69, 9.17) is 0 Å². The largest absolute Gasteiger partial charge is 0.350 e. The Kier molecular flexibility index (Phi) is 3.70. The van der Waals surface area contributed by atoms with Crippen LogP contribution in [0.5, 0.6) is 0 Å². The highest BCUT2D eigenvalue weighted by atomic mass is 19.1. The number of amides is 2. The van der Waals surface area contributed by atoms with Crippen molar-refractivity contribution in [2.75, 3.05) is 12.4 Å². The molecule has 5 heteroatoms. The number of nitrogens with one attached hydrogen (secondary N) is 1. The first kappa shape index (κ1) is 15.0. The Morgan fingerprint density at radius 1 is 1.00 bits per heavy atom. The highest BCUT2D eigenvalue weighted by Crippen LogP contribution is 2.29. The number of anilines is 1. The van der Waals surface area contributed by atoms with Gasteiger partial charge >= 0.3 is 0 Å². The van der Waals surface area contributed by atoms with Gasteiger partial charge < -0.3 is 5.32 Å². The number of nitrogens with zero attached hydrogens (tertiary/aromatic N) is 1. The van der Waals surface area contributed by atoms with Crippen molar-refractivity contribution in [2.24, 2.45) is 0 Å². The van der Waals surface area contributed by atoms with Crippen LogP contribution < -0.4 is 5.32 Å². The molecule has 0 aliphatic carbocycles. The molecule has 0 unspecified atom stereocenters. The van der Waals surface area contributed by atoms with E-state index in [9.17, 15) is 14.0 Å². The molecule has 0 fully saturated rings. The summed E-state index contributed by atoms with van der Waals surface area (Å²) in [6.45, 7) is 1.94. The molecule has 1 heterocycles. The molecule has 2 aromatic rings. The Morgan fingerprint density at radius 2 is 1.70 bits per heavy atom. The first-order valence-corrected chi connectivity index (χ1v) is 7.13. The average molecular weight is 310 g/mol. The maximum Gasteiger partial charge on any atom is 0.277 e. The van der Waals surface area contributed by atoms with Gasteiger partial charge in [0, 0.05) is 12.7 Å². The summed E-state index contributed by atoms with van der Waals surface area (Å²) in [5.41, 5.74) is 2.71. The van der Waals surface area contributed by atoms with Gasteiger partial charge in [0.15, 0.2) is 0 Å². The lowest BCUT2D eigenvalue weighted by atomic mass is 10.0. The molecule has 1 aliphatic heterocycles. The van der Waals surface area contributed by atoms with Crippen molar-refractivity contribution < 1.29 is 14.0 Å². The molecule has 2 aromatic carbocycles. The first-order chi connectivity index (χ1) is 11.0. The molecule has 23 heavy (non-hydrogen) atoms. The molecule has 0 spiro atoms. The summed E-state index contributed by atoms with van der Waals surface area (Å²) in [5, 5.41) is 3.03. The van der Waals surface area contributed by atoms with Crippen molar-refractivity contribution in [1.29, 1.82) is 0 Å². The van der Waals surface area contributed by atoms with E-state index in [0.29, 0.717) is 5.56 Å². The lowest BCUT2D eigenvalue weighted by molar-refractivity contribution is -0.135. The summed E-state index contributed by atoms with van der Waals surface area (Å²) in [5.74, 6) is -1.21. The molecule has 0 atom stereocenters. The number of hydrogen-bond donors (Lipinski definition) is 1. The van der Waals surface area contributed by atoms with Gasteiger partial charge in [-0.2, -0.15) is 0 Å². The fourth-order valence-electron chi connectivity index (χ4n) is 2.51. The molecule has 3 rings (SSSR count). The minimum absolute atomic E-state index is 0.203. The van der Waals surface area contributed by atoms with Crippen LogP contribution in [0.25, 0.3) is 5.57 Å². The van der Waals surface area contributed by atoms with E-state index in [-0.39, 0.29) is 11.3 Å². The molecule has 1 aliphatic rings. The number of imide groups is 1. The van der Waals surface area contributed by atoms with Crippen molar-refractivity contribution in [3.63, 3.8) is 0 Å². The van der Waals surface area contributed by atoms with Crippen LogP contribution in [0.15, 0.2) is 54.2 Å². The summed E-state index contributed by atoms with van der Waals surface area (Å²) >= 11 is 0. The quantitative estimate of drug-likeness (QED) is 0.887. The third kappa shape index (κ3) is 2.73. The van der Waals surface area contributed by atoms with Crippen LogP contribution in [0.1, 0.15) is 11.1 Å². The van der Waals surface area contributed by atoms with E-state index < -0.39 is 17.6 Å². The summed E-state index contributed by atoms with van der Waals surface area (Å²) in [4.78, 5) is 25.8. The van der Waals surface area contributed by atoms with Crippen LogP contribution in [0, 0.1) is 12.7 Å². The topological polar surface area (TPSA) is 49.4 Å². The highest BCUT2D eigenvalue weighted by molar-refractivity contribution is 6.36. The SMILES string of the molecule is Cc1cccc(NC2=C(c3ccc(F)cc3)C(=O)N(C)C2=O)c1. The molecule has 2 amide bonds. The van der Waals surface area contributed by atoms with Crippen molar-refractivity contribution in [1.82, 2.24) is 4.90 Å². The van der Waals surface area contributed by atoms with Gasteiger partial charge in [-0.25, -0.2) is 4.39 Å². The highest BCUT2D eigenvalue weighted by Gasteiger charge is 2.36. The van der Waals surface area contributed by atoms with E-state index in [2.05, 4.69) is 5.32 Å². The van der Waals surface area contributed by atoms with E-state index in [1.165, 1.54) is 31.3 Å². The monoisotopic (exact) mass is 310 g/mol. The van der Waals surface area contributed by atoms with E-state index >= 15 is 0 Å². The van der Waals surface area contributed by atoms with Gasteiger partial charge in [-0.3, -0.25) is 14.5 Å². The van der Waals surface area contributed by atoms with Gasteiger partial charge in [0.2, 0.25) is 0 Å². The van der Waals surface area contributed by atoms with Crippen molar-refractivity contribution >= 4 is 23.1 Å². The van der Waals surface area contributed by atoms with E-state index in [1.807, 2.05) is 31.2 Å². The Hall–Kier alpha value is -2.95. The normalized spacial score (nSPS) is 14.7. The molecule has 0 saturated carbocycles. The van der Waals surface area contributed by atoms with Crippen LogP contribution in [-0.4, -0.2) is 23.8 Å². The maximum absolute atomic E-state index is 13.1. The summed E-state index contributed by atoms with van der Waals surface area (Å²) < 4.78 is 13.1.